The summed E-state index contributed by atoms with van der Waals surface area (Å²) >= 11 is 0. The second kappa shape index (κ2) is 10.2. The lowest BCUT2D eigenvalue weighted by atomic mass is 10.1. The highest BCUT2D eigenvalue weighted by Crippen LogP contribution is 2.28. The Balaban J connectivity index is 1.54. The van der Waals surface area contributed by atoms with E-state index in [9.17, 15) is 4.79 Å². The van der Waals surface area contributed by atoms with Gasteiger partial charge in [0.15, 0.2) is 11.5 Å². The Hall–Kier alpha value is -3.07. The van der Waals surface area contributed by atoms with Gasteiger partial charge in [-0.05, 0) is 42.2 Å². The Kier molecular flexibility index (Phi) is 7.05. The first-order valence-corrected chi connectivity index (χ1v) is 9.28. The minimum Gasteiger partial charge on any atom is -0.490 e. The molecule has 27 heavy (non-hydrogen) atoms. The van der Waals surface area contributed by atoms with Gasteiger partial charge in [-0.2, -0.15) is 0 Å². The van der Waals surface area contributed by atoms with Gasteiger partial charge in [0.25, 0.3) is 0 Å². The summed E-state index contributed by atoms with van der Waals surface area (Å²) in [6.07, 6.45) is 3.51. The number of aldehydes is 1. The van der Waals surface area contributed by atoms with Crippen LogP contribution in [-0.4, -0.2) is 19.5 Å². The zero-order chi connectivity index (χ0) is 18.7. The quantitative estimate of drug-likeness (QED) is 0.371. The van der Waals surface area contributed by atoms with Gasteiger partial charge in [0, 0.05) is 12.0 Å². The highest BCUT2D eigenvalue weighted by atomic mass is 16.5. The summed E-state index contributed by atoms with van der Waals surface area (Å²) in [6, 6.07) is 25.9. The zero-order valence-electron chi connectivity index (χ0n) is 15.3. The Bertz CT molecular complexity index is 829. The van der Waals surface area contributed by atoms with Crippen molar-refractivity contribution in [2.75, 3.05) is 13.2 Å². The minimum atomic E-state index is 0.560. The molecule has 0 heterocycles. The maximum atomic E-state index is 11.1. The van der Waals surface area contributed by atoms with Gasteiger partial charge < -0.3 is 9.47 Å². The van der Waals surface area contributed by atoms with Gasteiger partial charge in [0.2, 0.25) is 0 Å². The molecule has 0 saturated carbocycles. The third kappa shape index (κ3) is 6.00. The van der Waals surface area contributed by atoms with Gasteiger partial charge in [-0.25, -0.2) is 0 Å². The van der Waals surface area contributed by atoms with Crippen molar-refractivity contribution < 1.29 is 14.3 Å². The maximum absolute atomic E-state index is 11.1. The third-order valence-electron chi connectivity index (χ3n) is 4.31. The molecular formula is C24H24O3. The molecule has 0 aliphatic rings. The van der Waals surface area contributed by atoms with Crippen molar-refractivity contribution in [3.05, 3.63) is 95.6 Å². The van der Waals surface area contributed by atoms with Crippen LogP contribution in [0, 0.1) is 0 Å². The fourth-order valence-corrected chi connectivity index (χ4v) is 2.86. The molecule has 0 amide bonds. The number of hydrogen-bond acceptors (Lipinski definition) is 3. The van der Waals surface area contributed by atoms with Gasteiger partial charge in [-0.3, -0.25) is 4.79 Å². The molecule has 0 aliphatic carbocycles. The molecule has 3 aromatic carbocycles. The molecule has 0 unspecified atom stereocenters. The molecule has 0 atom stereocenters. The van der Waals surface area contributed by atoms with Crippen LogP contribution in [-0.2, 0) is 12.8 Å². The predicted octanol–water partition coefficient (Wildman–Crippen LogP) is 5.13. The molecule has 0 saturated heterocycles. The smallest absolute Gasteiger partial charge is 0.161 e. The van der Waals surface area contributed by atoms with E-state index in [2.05, 4.69) is 24.3 Å². The van der Waals surface area contributed by atoms with Crippen molar-refractivity contribution >= 4 is 6.29 Å². The highest BCUT2D eigenvalue weighted by Gasteiger charge is 2.07. The van der Waals surface area contributed by atoms with Crippen molar-refractivity contribution in [3.63, 3.8) is 0 Å². The van der Waals surface area contributed by atoms with Crippen LogP contribution in [0.2, 0.25) is 0 Å². The SMILES string of the molecule is O=Cc1ccc(OCCc2ccccc2)c(OCCCc2ccccc2)c1. The Morgan fingerprint density at radius 3 is 1.96 bits per heavy atom. The number of benzene rings is 3. The van der Waals surface area contributed by atoms with Gasteiger partial charge >= 0.3 is 0 Å². The summed E-state index contributed by atoms with van der Waals surface area (Å²) in [6.45, 7) is 1.14. The second-order valence-corrected chi connectivity index (χ2v) is 6.35. The van der Waals surface area contributed by atoms with Crippen molar-refractivity contribution in [3.8, 4) is 11.5 Å². The lowest BCUT2D eigenvalue weighted by Gasteiger charge is -2.13. The maximum Gasteiger partial charge on any atom is 0.161 e. The molecule has 3 rings (SSSR count). The first-order chi connectivity index (χ1) is 13.3. The molecule has 3 aromatic rings. The van der Waals surface area contributed by atoms with Crippen molar-refractivity contribution in [1.82, 2.24) is 0 Å². The number of rotatable bonds is 10. The molecule has 0 spiro atoms. The van der Waals surface area contributed by atoms with E-state index in [1.165, 1.54) is 11.1 Å². The van der Waals surface area contributed by atoms with E-state index in [1.54, 1.807) is 18.2 Å². The normalized spacial score (nSPS) is 10.4. The van der Waals surface area contributed by atoms with E-state index < -0.39 is 0 Å². The van der Waals surface area contributed by atoms with Crippen LogP contribution in [0.25, 0.3) is 0 Å². The molecule has 0 N–H and O–H groups in total. The fourth-order valence-electron chi connectivity index (χ4n) is 2.86. The summed E-state index contributed by atoms with van der Waals surface area (Å²) < 4.78 is 11.8. The van der Waals surface area contributed by atoms with Crippen LogP contribution in [0.5, 0.6) is 11.5 Å². The lowest BCUT2D eigenvalue weighted by molar-refractivity contribution is 0.112. The molecule has 0 aromatic heterocycles. The van der Waals surface area contributed by atoms with E-state index in [-0.39, 0.29) is 0 Å². The summed E-state index contributed by atoms with van der Waals surface area (Å²) in [7, 11) is 0. The molecule has 0 aliphatic heterocycles. The van der Waals surface area contributed by atoms with Crippen LogP contribution in [0.1, 0.15) is 27.9 Å². The number of ether oxygens (including phenoxy) is 2. The second-order valence-electron chi connectivity index (χ2n) is 6.35. The zero-order valence-corrected chi connectivity index (χ0v) is 15.3. The molecular weight excluding hydrogens is 336 g/mol. The van der Waals surface area contributed by atoms with Gasteiger partial charge in [0.05, 0.1) is 13.2 Å². The van der Waals surface area contributed by atoms with Crippen LogP contribution < -0.4 is 9.47 Å². The van der Waals surface area contributed by atoms with E-state index >= 15 is 0 Å². The van der Waals surface area contributed by atoms with Crippen LogP contribution in [0.3, 0.4) is 0 Å². The summed E-state index contributed by atoms with van der Waals surface area (Å²) in [5, 5.41) is 0. The average molecular weight is 360 g/mol. The topological polar surface area (TPSA) is 35.5 Å². The van der Waals surface area contributed by atoms with E-state index in [1.807, 2.05) is 36.4 Å². The molecule has 3 heteroatoms. The first kappa shape index (κ1) is 18.7. The molecule has 0 radical (unpaired) electrons. The number of carbonyl (C=O) groups excluding carboxylic acids is 1. The van der Waals surface area contributed by atoms with Crippen molar-refractivity contribution in [2.24, 2.45) is 0 Å². The standard InChI is InChI=1S/C24H24O3/c25-19-22-13-14-23(27-17-15-21-10-5-2-6-11-21)24(18-22)26-16-7-12-20-8-3-1-4-9-20/h1-6,8-11,13-14,18-19H,7,12,15-17H2. The molecule has 3 nitrogen and oxygen atoms in total. The van der Waals surface area contributed by atoms with Gasteiger partial charge in [-0.1, -0.05) is 60.7 Å². The monoisotopic (exact) mass is 360 g/mol. The number of hydrogen-bond donors (Lipinski definition) is 0. The fraction of sp³-hybridized carbons (Fsp3) is 0.208. The van der Waals surface area contributed by atoms with Gasteiger partial charge in [0.1, 0.15) is 6.29 Å². The Morgan fingerprint density at radius 1 is 0.667 bits per heavy atom. The average Bonchev–Trinajstić information content (AvgIpc) is 2.73. The summed E-state index contributed by atoms with van der Waals surface area (Å²) in [5.74, 6) is 1.30. The first-order valence-electron chi connectivity index (χ1n) is 9.28. The summed E-state index contributed by atoms with van der Waals surface area (Å²) in [4.78, 5) is 11.1. The van der Waals surface area contributed by atoms with Crippen LogP contribution >= 0.6 is 0 Å². The number of aryl methyl sites for hydroxylation is 1. The van der Waals surface area contributed by atoms with E-state index in [0.29, 0.717) is 30.3 Å². The largest absolute Gasteiger partial charge is 0.490 e. The molecule has 138 valence electrons. The van der Waals surface area contributed by atoms with Crippen LogP contribution in [0.15, 0.2) is 78.9 Å². The molecule has 0 fully saturated rings. The minimum absolute atomic E-state index is 0.560. The number of carbonyl (C=O) groups is 1. The molecule has 0 bridgehead atoms. The van der Waals surface area contributed by atoms with Gasteiger partial charge in [-0.15, -0.1) is 0 Å². The third-order valence-corrected chi connectivity index (χ3v) is 4.31. The lowest BCUT2D eigenvalue weighted by Crippen LogP contribution is -2.05. The highest BCUT2D eigenvalue weighted by molar-refractivity contribution is 5.76. The Labute approximate surface area is 160 Å². The predicted molar refractivity (Wildman–Crippen MR) is 108 cm³/mol. The van der Waals surface area contributed by atoms with E-state index in [0.717, 1.165) is 25.5 Å². The van der Waals surface area contributed by atoms with Crippen LogP contribution in [0.4, 0.5) is 0 Å². The summed E-state index contributed by atoms with van der Waals surface area (Å²) in [5.41, 5.74) is 3.11. The Morgan fingerprint density at radius 2 is 1.30 bits per heavy atom. The van der Waals surface area contributed by atoms with E-state index in [4.69, 9.17) is 9.47 Å². The van der Waals surface area contributed by atoms with Crippen molar-refractivity contribution in [2.45, 2.75) is 19.3 Å². The van der Waals surface area contributed by atoms with Crippen molar-refractivity contribution in [1.29, 1.82) is 0 Å².